The number of halogens is 2. The van der Waals surface area contributed by atoms with E-state index in [4.69, 9.17) is 19.2 Å². The zero-order valence-corrected chi connectivity index (χ0v) is 21.4. The SMILES string of the molecule is CCN(CC)C(=O)Oc1c(F)c(C)c(Cc2ccc(OCOC)c(C3CCCCC3)n2)c(C)c1F. The van der Waals surface area contributed by atoms with Crippen molar-refractivity contribution in [1.82, 2.24) is 9.88 Å². The molecule has 1 aromatic heterocycles. The number of benzene rings is 1. The van der Waals surface area contributed by atoms with E-state index < -0.39 is 23.5 Å². The summed E-state index contributed by atoms with van der Waals surface area (Å²) < 4.78 is 46.4. The van der Waals surface area contributed by atoms with Crippen LogP contribution in [0.4, 0.5) is 13.6 Å². The van der Waals surface area contributed by atoms with Crippen LogP contribution in [0.5, 0.6) is 11.5 Å². The van der Waals surface area contributed by atoms with Crippen molar-refractivity contribution in [3.8, 4) is 11.5 Å². The van der Waals surface area contributed by atoms with E-state index >= 15 is 8.78 Å². The summed E-state index contributed by atoms with van der Waals surface area (Å²) in [7, 11) is 1.57. The molecular weight excluding hydrogens is 454 g/mol. The molecule has 6 nitrogen and oxygen atoms in total. The maximum Gasteiger partial charge on any atom is 0.415 e. The van der Waals surface area contributed by atoms with Gasteiger partial charge in [0.15, 0.2) is 18.4 Å². The maximum absolute atomic E-state index is 15.2. The fourth-order valence-electron chi connectivity index (χ4n) is 4.67. The predicted octanol–water partition coefficient (Wildman–Crippen LogP) is 6.44. The van der Waals surface area contributed by atoms with Crippen molar-refractivity contribution in [2.75, 3.05) is 27.0 Å². The van der Waals surface area contributed by atoms with Crippen molar-refractivity contribution in [3.63, 3.8) is 0 Å². The number of nitrogens with zero attached hydrogens (tertiary/aromatic N) is 2. The van der Waals surface area contributed by atoms with Crippen LogP contribution in [0.25, 0.3) is 0 Å². The third-order valence-corrected chi connectivity index (χ3v) is 6.80. The molecule has 0 N–H and O–H groups in total. The van der Waals surface area contributed by atoms with Crippen molar-refractivity contribution < 1.29 is 27.8 Å². The highest BCUT2D eigenvalue weighted by atomic mass is 19.1. The molecule has 0 radical (unpaired) electrons. The highest BCUT2D eigenvalue weighted by Gasteiger charge is 2.26. The fourth-order valence-corrected chi connectivity index (χ4v) is 4.67. The molecule has 0 unspecified atom stereocenters. The lowest BCUT2D eigenvalue weighted by molar-refractivity contribution is 0.0496. The van der Waals surface area contributed by atoms with E-state index in [1.807, 2.05) is 12.1 Å². The zero-order chi connectivity index (χ0) is 25.5. The largest absolute Gasteiger partial charge is 0.466 e. The number of hydrogen-bond acceptors (Lipinski definition) is 5. The third-order valence-electron chi connectivity index (χ3n) is 6.80. The predicted molar refractivity (Wildman–Crippen MR) is 130 cm³/mol. The molecule has 1 aromatic carbocycles. The van der Waals surface area contributed by atoms with E-state index in [0.29, 0.717) is 30.1 Å². The molecule has 35 heavy (non-hydrogen) atoms. The second kappa shape index (κ2) is 12.3. The Labute approximate surface area is 206 Å². The van der Waals surface area contributed by atoms with Gasteiger partial charge in [-0.1, -0.05) is 19.3 Å². The smallest absolute Gasteiger partial charge is 0.415 e. The first-order valence-electron chi connectivity index (χ1n) is 12.4. The number of methoxy groups -OCH3 is 1. The number of carbonyl (C=O) groups is 1. The quantitative estimate of drug-likeness (QED) is 0.379. The molecular formula is C27H36F2N2O4. The number of amides is 1. The first-order chi connectivity index (χ1) is 16.8. The average Bonchev–Trinajstić information content (AvgIpc) is 2.88. The molecule has 1 aliphatic rings. The number of carbonyl (C=O) groups excluding carboxylic acids is 1. The lowest BCUT2D eigenvalue weighted by Crippen LogP contribution is -2.33. The van der Waals surface area contributed by atoms with Crippen LogP contribution in [0, 0.1) is 25.5 Å². The molecule has 0 saturated heterocycles. The van der Waals surface area contributed by atoms with Gasteiger partial charge in [0, 0.05) is 38.2 Å². The number of ether oxygens (including phenoxy) is 3. The molecule has 2 aromatic rings. The number of rotatable bonds is 9. The van der Waals surface area contributed by atoms with Crippen LogP contribution >= 0.6 is 0 Å². The Morgan fingerprint density at radius 1 is 1.06 bits per heavy atom. The van der Waals surface area contributed by atoms with Crippen molar-refractivity contribution >= 4 is 6.09 Å². The van der Waals surface area contributed by atoms with E-state index in [9.17, 15) is 4.79 Å². The minimum atomic E-state index is -0.865. The highest BCUT2D eigenvalue weighted by molar-refractivity contribution is 5.71. The van der Waals surface area contributed by atoms with Crippen LogP contribution in [0.2, 0.25) is 0 Å². The third kappa shape index (κ3) is 6.10. The van der Waals surface area contributed by atoms with Gasteiger partial charge in [0.2, 0.25) is 5.75 Å². The summed E-state index contributed by atoms with van der Waals surface area (Å²) in [6.07, 6.45) is 5.05. The summed E-state index contributed by atoms with van der Waals surface area (Å²) in [5, 5.41) is 0. The molecule has 1 aliphatic carbocycles. The second-order valence-electron chi connectivity index (χ2n) is 8.97. The Morgan fingerprint density at radius 3 is 2.26 bits per heavy atom. The first kappa shape index (κ1) is 26.9. The van der Waals surface area contributed by atoms with E-state index in [1.165, 1.54) is 11.3 Å². The monoisotopic (exact) mass is 490 g/mol. The van der Waals surface area contributed by atoms with E-state index in [1.54, 1.807) is 34.8 Å². The lowest BCUT2D eigenvalue weighted by atomic mass is 9.86. The highest BCUT2D eigenvalue weighted by Crippen LogP contribution is 2.37. The van der Waals surface area contributed by atoms with Gasteiger partial charge in [-0.05, 0) is 69.4 Å². The summed E-state index contributed by atoms with van der Waals surface area (Å²) in [5.41, 5.74) is 2.56. The van der Waals surface area contributed by atoms with Crippen LogP contribution in [-0.2, 0) is 11.2 Å². The minimum absolute atomic E-state index is 0.128. The molecule has 1 heterocycles. The maximum atomic E-state index is 15.2. The molecule has 3 rings (SSSR count). The molecule has 1 saturated carbocycles. The van der Waals surface area contributed by atoms with Gasteiger partial charge in [0.05, 0.1) is 5.69 Å². The molecule has 8 heteroatoms. The van der Waals surface area contributed by atoms with Crippen LogP contribution in [0.15, 0.2) is 12.1 Å². The molecule has 0 atom stereocenters. The average molecular weight is 491 g/mol. The first-order valence-corrected chi connectivity index (χ1v) is 12.4. The van der Waals surface area contributed by atoms with Crippen molar-refractivity contribution in [2.24, 2.45) is 0 Å². The van der Waals surface area contributed by atoms with Gasteiger partial charge in [-0.3, -0.25) is 4.98 Å². The lowest BCUT2D eigenvalue weighted by Gasteiger charge is -2.24. The molecule has 1 amide bonds. The van der Waals surface area contributed by atoms with E-state index in [0.717, 1.165) is 31.4 Å². The minimum Gasteiger partial charge on any atom is -0.466 e. The Morgan fingerprint density at radius 2 is 1.69 bits per heavy atom. The fraction of sp³-hybridized carbons (Fsp3) is 0.556. The van der Waals surface area contributed by atoms with Crippen LogP contribution in [0.1, 0.15) is 79.9 Å². The standard InChI is InChI=1S/C27H36F2N2O4/c1-6-31(7-2)27(32)35-26-23(28)17(3)21(18(4)24(26)29)15-20-13-14-22(34-16-33-5)25(30-20)19-11-9-8-10-12-19/h13-14,19H,6-12,15-16H2,1-5H3. The molecule has 0 aliphatic heterocycles. The number of pyridine rings is 1. The summed E-state index contributed by atoms with van der Waals surface area (Å²) >= 11 is 0. The van der Waals surface area contributed by atoms with Crippen molar-refractivity contribution in [3.05, 3.63) is 51.8 Å². The van der Waals surface area contributed by atoms with Gasteiger partial charge < -0.3 is 19.1 Å². The van der Waals surface area contributed by atoms with Gasteiger partial charge in [-0.25, -0.2) is 13.6 Å². The Kier molecular flexibility index (Phi) is 9.43. The molecule has 0 spiro atoms. The summed E-state index contributed by atoms with van der Waals surface area (Å²) in [4.78, 5) is 18.6. The number of hydrogen-bond donors (Lipinski definition) is 0. The zero-order valence-electron chi connectivity index (χ0n) is 21.4. The summed E-state index contributed by atoms with van der Waals surface area (Å²) in [6, 6.07) is 3.68. The van der Waals surface area contributed by atoms with Crippen LogP contribution in [-0.4, -0.2) is 43.0 Å². The summed E-state index contributed by atoms with van der Waals surface area (Å²) in [6.45, 7) is 7.59. The van der Waals surface area contributed by atoms with Gasteiger partial charge in [0.25, 0.3) is 0 Å². The molecule has 192 valence electrons. The van der Waals surface area contributed by atoms with Crippen LogP contribution < -0.4 is 9.47 Å². The Bertz CT molecular complexity index is 1010. The second-order valence-corrected chi connectivity index (χ2v) is 8.97. The molecule has 0 bridgehead atoms. The van der Waals surface area contributed by atoms with Crippen LogP contribution in [0.3, 0.4) is 0 Å². The van der Waals surface area contributed by atoms with E-state index in [2.05, 4.69) is 0 Å². The van der Waals surface area contributed by atoms with E-state index in [-0.39, 0.29) is 30.3 Å². The van der Waals surface area contributed by atoms with Crippen molar-refractivity contribution in [2.45, 2.75) is 72.1 Å². The van der Waals surface area contributed by atoms with Gasteiger partial charge in [-0.2, -0.15) is 0 Å². The van der Waals surface area contributed by atoms with Gasteiger partial charge in [-0.15, -0.1) is 0 Å². The summed E-state index contributed by atoms with van der Waals surface area (Å²) in [5.74, 6) is -1.41. The topological polar surface area (TPSA) is 60.9 Å². The Balaban J connectivity index is 1.94. The van der Waals surface area contributed by atoms with Gasteiger partial charge >= 0.3 is 6.09 Å². The molecule has 1 fully saturated rings. The van der Waals surface area contributed by atoms with Gasteiger partial charge in [0.1, 0.15) is 5.75 Å². The normalized spacial score (nSPS) is 14.1. The van der Waals surface area contributed by atoms with Crippen molar-refractivity contribution in [1.29, 1.82) is 0 Å². The Hall–Kier alpha value is -2.74. The number of aromatic nitrogens is 1.